The summed E-state index contributed by atoms with van der Waals surface area (Å²) >= 11 is 5.81. The molecule has 2 atom stereocenters. The van der Waals surface area contributed by atoms with E-state index < -0.39 is 29.8 Å². The molecule has 2 unspecified atom stereocenters. The van der Waals surface area contributed by atoms with Gasteiger partial charge in [-0.2, -0.15) is 0 Å². The minimum absolute atomic E-state index is 0.0287. The van der Waals surface area contributed by atoms with E-state index in [1.54, 1.807) is 0 Å². The van der Waals surface area contributed by atoms with E-state index in [1.165, 1.54) is 6.07 Å². The van der Waals surface area contributed by atoms with E-state index in [2.05, 4.69) is 10.6 Å². The number of hydrogen-bond donors (Lipinski definition) is 3. The van der Waals surface area contributed by atoms with Gasteiger partial charge in [0.1, 0.15) is 5.82 Å². The van der Waals surface area contributed by atoms with Gasteiger partial charge in [-0.05, 0) is 31.0 Å². The number of aliphatic hydroxyl groups is 1. The summed E-state index contributed by atoms with van der Waals surface area (Å²) < 4.78 is 13.1. The van der Waals surface area contributed by atoms with Gasteiger partial charge in [0.25, 0.3) is 0 Å². The molecule has 1 aromatic carbocycles. The van der Waals surface area contributed by atoms with Crippen LogP contribution >= 0.6 is 11.6 Å². The van der Waals surface area contributed by atoms with E-state index in [9.17, 15) is 19.1 Å². The summed E-state index contributed by atoms with van der Waals surface area (Å²) in [5, 5.41) is 14.6. The summed E-state index contributed by atoms with van der Waals surface area (Å²) in [4.78, 5) is 23.6. The van der Waals surface area contributed by atoms with E-state index in [0.717, 1.165) is 25.0 Å². The molecule has 1 fully saturated rings. The fourth-order valence-corrected chi connectivity index (χ4v) is 2.45. The Bertz CT molecular complexity index is 553. The molecule has 2 amide bonds. The summed E-state index contributed by atoms with van der Waals surface area (Å²) in [6.07, 6.45) is 2.37. The third-order valence-electron chi connectivity index (χ3n) is 3.43. The zero-order valence-corrected chi connectivity index (χ0v) is 12.0. The number of anilines is 1. The Balaban J connectivity index is 1.96. The van der Waals surface area contributed by atoms with Crippen molar-refractivity contribution in [2.24, 2.45) is 0 Å². The zero-order chi connectivity index (χ0) is 15.4. The topological polar surface area (TPSA) is 78.4 Å². The normalized spacial score (nSPS) is 21.7. The van der Waals surface area contributed by atoms with Crippen LogP contribution in [0.3, 0.4) is 0 Å². The van der Waals surface area contributed by atoms with Crippen molar-refractivity contribution >= 4 is 29.1 Å². The number of carbonyl (C=O) groups excluding carboxylic acids is 2. The fraction of sp³-hybridized carbons (Fsp3) is 0.429. The lowest BCUT2D eigenvalue weighted by atomic mass is 9.92. The summed E-state index contributed by atoms with van der Waals surface area (Å²) in [6.45, 7) is 0. The summed E-state index contributed by atoms with van der Waals surface area (Å²) in [6, 6.07) is 3.04. The first-order valence-corrected chi connectivity index (χ1v) is 7.10. The van der Waals surface area contributed by atoms with Crippen LogP contribution in [0.4, 0.5) is 10.1 Å². The van der Waals surface area contributed by atoms with E-state index in [4.69, 9.17) is 11.6 Å². The number of nitrogens with one attached hydrogen (secondary N) is 2. The average Bonchev–Trinajstić information content (AvgIpc) is 2.45. The molecule has 1 aromatic rings. The molecule has 1 aliphatic rings. The molecule has 3 N–H and O–H groups in total. The smallest absolute Gasteiger partial charge is 0.313 e. The van der Waals surface area contributed by atoms with Crippen molar-refractivity contribution in [3.05, 3.63) is 29.0 Å². The lowest BCUT2D eigenvalue weighted by Crippen LogP contribution is -2.48. The maximum Gasteiger partial charge on any atom is 0.313 e. The molecule has 21 heavy (non-hydrogen) atoms. The van der Waals surface area contributed by atoms with Gasteiger partial charge in [-0.15, -0.1) is 0 Å². The monoisotopic (exact) mass is 314 g/mol. The lowest BCUT2D eigenvalue weighted by Gasteiger charge is -2.28. The summed E-state index contributed by atoms with van der Waals surface area (Å²) in [7, 11) is 0. The highest BCUT2D eigenvalue weighted by Gasteiger charge is 2.27. The highest BCUT2D eigenvalue weighted by molar-refractivity contribution is 6.41. The highest BCUT2D eigenvalue weighted by Crippen LogP contribution is 2.22. The van der Waals surface area contributed by atoms with Gasteiger partial charge in [-0.25, -0.2) is 4.39 Å². The van der Waals surface area contributed by atoms with Gasteiger partial charge in [-0.3, -0.25) is 9.59 Å². The van der Waals surface area contributed by atoms with Crippen molar-refractivity contribution < 1.29 is 19.1 Å². The van der Waals surface area contributed by atoms with Gasteiger partial charge < -0.3 is 15.7 Å². The Morgan fingerprint density at radius 3 is 2.67 bits per heavy atom. The maximum atomic E-state index is 13.1. The molecule has 7 heteroatoms. The van der Waals surface area contributed by atoms with Crippen LogP contribution in [0.1, 0.15) is 25.7 Å². The Morgan fingerprint density at radius 2 is 1.95 bits per heavy atom. The predicted molar refractivity (Wildman–Crippen MR) is 76.4 cm³/mol. The Kier molecular flexibility index (Phi) is 5.14. The second-order valence-electron chi connectivity index (χ2n) is 5.01. The summed E-state index contributed by atoms with van der Waals surface area (Å²) in [5.74, 6) is -2.39. The van der Waals surface area contributed by atoms with Crippen molar-refractivity contribution in [3.63, 3.8) is 0 Å². The summed E-state index contributed by atoms with van der Waals surface area (Å²) in [5.41, 5.74) is 0.0287. The van der Waals surface area contributed by atoms with Crippen molar-refractivity contribution in [1.29, 1.82) is 0 Å². The van der Waals surface area contributed by atoms with Gasteiger partial charge in [0.05, 0.1) is 22.9 Å². The maximum absolute atomic E-state index is 13.1. The van der Waals surface area contributed by atoms with Gasteiger partial charge in [0.2, 0.25) is 0 Å². The molecule has 0 aliphatic heterocycles. The second-order valence-corrected chi connectivity index (χ2v) is 5.42. The van der Waals surface area contributed by atoms with Gasteiger partial charge in [0.15, 0.2) is 0 Å². The van der Waals surface area contributed by atoms with Crippen LogP contribution in [0.5, 0.6) is 0 Å². The van der Waals surface area contributed by atoms with Crippen LogP contribution in [0.15, 0.2) is 18.2 Å². The van der Waals surface area contributed by atoms with E-state index in [0.29, 0.717) is 12.8 Å². The first kappa shape index (κ1) is 15.7. The molecular formula is C14H16ClFN2O3. The minimum atomic E-state index is -0.944. The Labute approximate surface area is 126 Å². The quantitative estimate of drug-likeness (QED) is 0.729. The molecular weight excluding hydrogens is 299 g/mol. The van der Waals surface area contributed by atoms with E-state index in [1.807, 2.05) is 0 Å². The number of halogens is 2. The van der Waals surface area contributed by atoms with Crippen molar-refractivity contribution in [3.8, 4) is 0 Å². The van der Waals surface area contributed by atoms with Crippen LogP contribution in [0, 0.1) is 5.82 Å². The van der Waals surface area contributed by atoms with Crippen LogP contribution in [0.2, 0.25) is 5.02 Å². The Hall–Kier alpha value is -1.66. The van der Waals surface area contributed by atoms with E-state index in [-0.39, 0.29) is 10.7 Å². The average molecular weight is 315 g/mol. The van der Waals surface area contributed by atoms with Crippen LogP contribution in [-0.2, 0) is 9.59 Å². The molecule has 114 valence electrons. The fourth-order valence-electron chi connectivity index (χ4n) is 2.29. The van der Waals surface area contributed by atoms with Crippen LogP contribution in [0.25, 0.3) is 0 Å². The standard InChI is InChI=1S/C14H16ClFN2O3/c15-9-6-5-8(16)7-11(9)18-14(21)13(20)17-10-3-1-2-4-12(10)19/h5-7,10,12,19H,1-4H2,(H,17,20)(H,18,21). The third-order valence-corrected chi connectivity index (χ3v) is 3.76. The molecule has 5 nitrogen and oxygen atoms in total. The van der Waals surface area contributed by atoms with Gasteiger partial charge >= 0.3 is 11.8 Å². The molecule has 1 aliphatic carbocycles. The predicted octanol–water partition coefficient (Wildman–Crippen LogP) is 1.84. The molecule has 1 saturated carbocycles. The molecule has 0 bridgehead atoms. The zero-order valence-electron chi connectivity index (χ0n) is 11.2. The molecule has 0 saturated heterocycles. The third kappa shape index (κ3) is 4.15. The molecule has 0 aromatic heterocycles. The lowest BCUT2D eigenvalue weighted by molar-refractivity contribution is -0.137. The molecule has 2 rings (SSSR count). The number of aliphatic hydroxyl groups excluding tert-OH is 1. The van der Waals surface area contributed by atoms with Crippen molar-refractivity contribution in [1.82, 2.24) is 5.32 Å². The first-order chi connectivity index (χ1) is 9.97. The number of benzene rings is 1. The number of hydrogen-bond acceptors (Lipinski definition) is 3. The largest absolute Gasteiger partial charge is 0.391 e. The van der Waals surface area contributed by atoms with Crippen molar-refractivity contribution in [2.45, 2.75) is 37.8 Å². The number of carbonyl (C=O) groups is 2. The van der Waals surface area contributed by atoms with Crippen LogP contribution < -0.4 is 10.6 Å². The molecule has 0 heterocycles. The van der Waals surface area contributed by atoms with Gasteiger partial charge in [0, 0.05) is 0 Å². The Morgan fingerprint density at radius 1 is 1.24 bits per heavy atom. The SMILES string of the molecule is O=C(Nc1cc(F)ccc1Cl)C(=O)NC1CCCCC1O. The molecule has 0 radical (unpaired) electrons. The van der Waals surface area contributed by atoms with E-state index >= 15 is 0 Å². The number of rotatable bonds is 2. The van der Waals surface area contributed by atoms with Gasteiger partial charge in [-0.1, -0.05) is 24.4 Å². The highest BCUT2D eigenvalue weighted by atomic mass is 35.5. The molecule has 0 spiro atoms. The van der Waals surface area contributed by atoms with Crippen LogP contribution in [-0.4, -0.2) is 29.1 Å². The first-order valence-electron chi connectivity index (χ1n) is 6.72. The number of amides is 2. The van der Waals surface area contributed by atoms with Crippen molar-refractivity contribution in [2.75, 3.05) is 5.32 Å². The second kappa shape index (κ2) is 6.87. The minimum Gasteiger partial charge on any atom is -0.391 e.